The molecule has 0 bridgehead atoms. The molecule has 41 heavy (non-hydrogen) atoms. The van der Waals surface area contributed by atoms with Gasteiger partial charge >= 0.3 is 6.18 Å². The number of alkyl halides is 3. The predicted molar refractivity (Wildman–Crippen MR) is 153 cm³/mol. The normalized spacial score (nSPS) is 12.6. The zero-order chi connectivity index (χ0) is 30.4. The molecular weight excluding hydrogens is 579 g/mol. The molecule has 0 saturated carbocycles. The van der Waals surface area contributed by atoms with E-state index in [9.17, 15) is 31.2 Å². The standard InChI is InChI=1S/C29H31ClF3N3O4S/c1-20(2)34-28(38)26(16-21-10-6-4-7-11-21)35(18-22-12-8-5-9-13-22)27(37)19-36(41(3,39)40)23-14-15-25(30)24(17-23)29(31,32)33/h4-15,17,20,26H,16,18-19H2,1-3H3,(H,34,38)/t26-/m0/s1. The summed E-state index contributed by atoms with van der Waals surface area (Å²) in [6.45, 7) is 2.65. The summed E-state index contributed by atoms with van der Waals surface area (Å²) < 4.78 is 66.8. The number of carbonyl (C=O) groups is 2. The number of anilines is 1. The van der Waals surface area contributed by atoms with Crippen molar-refractivity contribution in [2.45, 2.75) is 45.1 Å². The molecule has 3 aromatic rings. The van der Waals surface area contributed by atoms with E-state index in [1.54, 1.807) is 68.4 Å². The van der Waals surface area contributed by atoms with E-state index in [1.807, 2.05) is 6.07 Å². The van der Waals surface area contributed by atoms with Crippen LogP contribution in [0.4, 0.5) is 18.9 Å². The van der Waals surface area contributed by atoms with Crippen molar-refractivity contribution < 1.29 is 31.2 Å². The number of halogens is 4. The van der Waals surface area contributed by atoms with Crippen LogP contribution >= 0.6 is 11.6 Å². The van der Waals surface area contributed by atoms with Crippen LogP contribution in [0.15, 0.2) is 78.9 Å². The number of nitrogens with zero attached hydrogens (tertiary/aromatic N) is 2. The summed E-state index contributed by atoms with van der Waals surface area (Å²) >= 11 is 5.73. The number of hydrogen-bond donors (Lipinski definition) is 1. The fourth-order valence-corrected chi connectivity index (χ4v) is 5.28. The largest absolute Gasteiger partial charge is 0.417 e. The van der Waals surface area contributed by atoms with Crippen molar-refractivity contribution in [3.05, 3.63) is 101 Å². The Balaban J connectivity index is 2.08. The van der Waals surface area contributed by atoms with Crippen LogP contribution in [0.1, 0.15) is 30.5 Å². The van der Waals surface area contributed by atoms with E-state index in [2.05, 4.69) is 5.32 Å². The Morgan fingerprint density at radius 2 is 1.49 bits per heavy atom. The van der Waals surface area contributed by atoms with E-state index >= 15 is 0 Å². The number of sulfonamides is 1. The highest BCUT2D eigenvalue weighted by Gasteiger charge is 2.36. The first-order valence-electron chi connectivity index (χ1n) is 12.7. The first-order valence-corrected chi connectivity index (χ1v) is 14.9. The van der Waals surface area contributed by atoms with E-state index in [4.69, 9.17) is 11.6 Å². The van der Waals surface area contributed by atoms with Gasteiger partial charge in [0.1, 0.15) is 12.6 Å². The van der Waals surface area contributed by atoms with Gasteiger partial charge in [-0.3, -0.25) is 13.9 Å². The van der Waals surface area contributed by atoms with Gasteiger partial charge in [0.25, 0.3) is 0 Å². The van der Waals surface area contributed by atoms with Crippen LogP contribution in [-0.4, -0.2) is 50.0 Å². The van der Waals surface area contributed by atoms with Gasteiger partial charge < -0.3 is 10.2 Å². The number of amides is 2. The maximum Gasteiger partial charge on any atom is 0.417 e. The van der Waals surface area contributed by atoms with Gasteiger partial charge in [-0.2, -0.15) is 13.2 Å². The van der Waals surface area contributed by atoms with Crippen LogP contribution in [0, 0.1) is 0 Å². The molecule has 0 unspecified atom stereocenters. The Morgan fingerprint density at radius 3 is 2.00 bits per heavy atom. The molecule has 2 amide bonds. The van der Waals surface area contributed by atoms with Gasteiger partial charge in [0.15, 0.2) is 0 Å². The summed E-state index contributed by atoms with van der Waals surface area (Å²) in [6, 6.07) is 19.1. The number of carbonyl (C=O) groups excluding carboxylic acids is 2. The first-order chi connectivity index (χ1) is 19.2. The Kier molecular flexibility index (Phi) is 10.4. The molecule has 1 N–H and O–H groups in total. The van der Waals surface area contributed by atoms with E-state index < -0.39 is 51.2 Å². The Labute approximate surface area is 243 Å². The minimum Gasteiger partial charge on any atom is -0.352 e. The topological polar surface area (TPSA) is 86.8 Å². The summed E-state index contributed by atoms with van der Waals surface area (Å²) in [4.78, 5) is 28.7. The van der Waals surface area contributed by atoms with Gasteiger partial charge in [-0.15, -0.1) is 0 Å². The highest BCUT2D eigenvalue weighted by Crippen LogP contribution is 2.37. The summed E-state index contributed by atoms with van der Waals surface area (Å²) in [5, 5.41) is 2.21. The second-order valence-corrected chi connectivity index (χ2v) is 12.1. The molecule has 0 spiro atoms. The van der Waals surface area contributed by atoms with Gasteiger partial charge in [-0.25, -0.2) is 8.42 Å². The summed E-state index contributed by atoms with van der Waals surface area (Å²) in [7, 11) is -4.24. The zero-order valence-corrected chi connectivity index (χ0v) is 24.3. The average Bonchev–Trinajstić information content (AvgIpc) is 2.89. The van der Waals surface area contributed by atoms with Crippen molar-refractivity contribution in [2.75, 3.05) is 17.1 Å². The van der Waals surface area contributed by atoms with E-state index in [0.29, 0.717) is 15.9 Å². The molecule has 3 aromatic carbocycles. The van der Waals surface area contributed by atoms with Crippen LogP contribution in [-0.2, 0) is 38.8 Å². The Hall–Kier alpha value is -3.57. The monoisotopic (exact) mass is 609 g/mol. The Morgan fingerprint density at radius 1 is 0.927 bits per heavy atom. The highest BCUT2D eigenvalue weighted by molar-refractivity contribution is 7.92. The number of hydrogen-bond acceptors (Lipinski definition) is 4. The molecule has 0 saturated heterocycles. The molecule has 1 atom stereocenters. The lowest BCUT2D eigenvalue weighted by molar-refractivity contribution is -0.140. The van der Waals surface area contributed by atoms with Gasteiger partial charge in [0.05, 0.1) is 22.5 Å². The molecule has 0 aliphatic rings. The molecule has 3 rings (SSSR count). The van der Waals surface area contributed by atoms with Crippen molar-refractivity contribution in [1.29, 1.82) is 0 Å². The third kappa shape index (κ3) is 8.96. The molecule has 7 nitrogen and oxygen atoms in total. The maximum absolute atomic E-state index is 13.9. The average molecular weight is 610 g/mol. The fraction of sp³-hybridized carbons (Fsp3) is 0.310. The van der Waals surface area contributed by atoms with Crippen LogP contribution in [0.2, 0.25) is 5.02 Å². The minimum absolute atomic E-state index is 0.0469. The molecule has 12 heteroatoms. The quantitative estimate of drug-likeness (QED) is 0.320. The molecule has 220 valence electrons. The van der Waals surface area contributed by atoms with E-state index in [1.165, 1.54) is 4.90 Å². The predicted octanol–water partition coefficient (Wildman–Crippen LogP) is 5.29. The highest BCUT2D eigenvalue weighted by atomic mass is 35.5. The third-order valence-electron chi connectivity index (χ3n) is 6.12. The summed E-state index contributed by atoms with van der Waals surface area (Å²) in [6.07, 6.45) is -3.94. The van der Waals surface area contributed by atoms with Gasteiger partial charge in [0.2, 0.25) is 21.8 Å². The third-order valence-corrected chi connectivity index (χ3v) is 7.59. The number of nitrogens with one attached hydrogen (secondary N) is 1. The van der Waals surface area contributed by atoms with Crippen LogP contribution < -0.4 is 9.62 Å². The number of benzene rings is 3. The van der Waals surface area contributed by atoms with Crippen molar-refractivity contribution in [3.8, 4) is 0 Å². The molecule has 0 fully saturated rings. The molecular formula is C29H31ClF3N3O4S. The van der Waals surface area contributed by atoms with Crippen LogP contribution in [0.25, 0.3) is 0 Å². The van der Waals surface area contributed by atoms with E-state index in [-0.39, 0.29) is 24.7 Å². The first kappa shape index (κ1) is 32.0. The lowest BCUT2D eigenvalue weighted by Crippen LogP contribution is -2.54. The lowest BCUT2D eigenvalue weighted by Gasteiger charge is -2.34. The van der Waals surface area contributed by atoms with Crippen molar-refractivity contribution in [1.82, 2.24) is 10.2 Å². The van der Waals surface area contributed by atoms with E-state index in [0.717, 1.165) is 24.0 Å². The fourth-order valence-electron chi connectivity index (χ4n) is 4.21. The SMILES string of the molecule is CC(C)NC(=O)[C@H](Cc1ccccc1)N(Cc1ccccc1)C(=O)CN(c1ccc(Cl)c(C(F)(F)F)c1)S(C)(=O)=O. The lowest BCUT2D eigenvalue weighted by atomic mass is 10.0. The van der Waals surface area contributed by atoms with Crippen molar-refractivity contribution in [3.63, 3.8) is 0 Å². The smallest absolute Gasteiger partial charge is 0.352 e. The summed E-state index contributed by atoms with van der Waals surface area (Å²) in [5.74, 6) is -1.23. The van der Waals surface area contributed by atoms with Crippen molar-refractivity contribution >= 4 is 39.1 Å². The second-order valence-electron chi connectivity index (χ2n) is 9.81. The van der Waals surface area contributed by atoms with Crippen LogP contribution in [0.3, 0.4) is 0 Å². The van der Waals surface area contributed by atoms with Crippen LogP contribution in [0.5, 0.6) is 0 Å². The maximum atomic E-state index is 13.9. The second kappa shape index (κ2) is 13.4. The molecule has 0 aliphatic heterocycles. The Bertz CT molecular complexity index is 1450. The molecule has 0 aliphatic carbocycles. The molecule has 0 heterocycles. The summed E-state index contributed by atoms with van der Waals surface area (Å²) in [5.41, 5.74) is -0.191. The zero-order valence-electron chi connectivity index (χ0n) is 22.7. The van der Waals surface area contributed by atoms with Crippen molar-refractivity contribution in [2.24, 2.45) is 0 Å². The number of rotatable bonds is 11. The molecule has 0 aromatic heterocycles. The molecule has 0 radical (unpaired) electrons. The van der Waals surface area contributed by atoms with Gasteiger partial charge in [0, 0.05) is 19.0 Å². The van der Waals surface area contributed by atoms with Gasteiger partial charge in [-0.05, 0) is 43.2 Å². The minimum atomic E-state index is -4.85. The van der Waals surface area contributed by atoms with Gasteiger partial charge in [-0.1, -0.05) is 72.3 Å².